The summed E-state index contributed by atoms with van der Waals surface area (Å²) < 4.78 is 5.91. The molecule has 0 saturated heterocycles. The second kappa shape index (κ2) is 45.9. The van der Waals surface area contributed by atoms with Crippen LogP contribution in [0.3, 0.4) is 0 Å². The summed E-state index contributed by atoms with van der Waals surface area (Å²) in [6, 6.07) is -0.710. The number of ether oxygens (including phenoxy) is 1. The van der Waals surface area contributed by atoms with Crippen LogP contribution in [0, 0.1) is 0 Å². The van der Waals surface area contributed by atoms with Crippen molar-refractivity contribution >= 4 is 11.9 Å². The molecule has 6 nitrogen and oxygen atoms in total. The van der Waals surface area contributed by atoms with Gasteiger partial charge in [0.05, 0.1) is 25.2 Å². The van der Waals surface area contributed by atoms with Gasteiger partial charge >= 0.3 is 5.97 Å². The third-order valence-corrected chi connectivity index (χ3v) is 11.2. The number of hydrogen-bond donors (Lipinski definition) is 3. The number of aliphatic hydroxyl groups is 2. The van der Waals surface area contributed by atoms with Crippen LogP contribution < -0.4 is 5.32 Å². The van der Waals surface area contributed by atoms with Crippen LogP contribution in [0.4, 0.5) is 0 Å². The molecule has 6 heteroatoms. The van der Waals surface area contributed by atoms with Crippen LogP contribution in [0.5, 0.6) is 0 Å². The van der Waals surface area contributed by atoms with Crippen LogP contribution in [0.1, 0.15) is 245 Å². The predicted octanol–water partition coefficient (Wildman–Crippen LogP) is 14.7. The molecule has 0 rings (SSSR count). The van der Waals surface area contributed by atoms with Gasteiger partial charge in [0.15, 0.2) is 0 Å². The number of allylic oxidation sites excluding steroid dienone is 8. The molecule has 0 radical (unpaired) electrons. The quantitative estimate of drug-likeness (QED) is 0.0246. The van der Waals surface area contributed by atoms with Crippen molar-refractivity contribution in [3.63, 3.8) is 0 Å². The van der Waals surface area contributed by atoms with Crippen molar-refractivity contribution in [3.05, 3.63) is 48.6 Å². The van der Waals surface area contributed by atoms with Gasteiger partial charge in [-0.2, -0.15) is 0 Å². The number of hydrogen-bond acceptors (Lipinski definition) is 5. The molecule has 0 fully saturated rings. The summed E-state index contributed by atoms with van der Waals surface area (Å²) in [7, 11) is 0. The minimum atomic E-state index is -0.794. The maximum atomic E-state index is 13.2. The van der Waals surface area contributed by atoms with Gasteiger partial charge in [-0.3, -0.25) is 9.59 Å². The highest BCUT2D eigenvalue weighted by atomic mass is 16.5. The van der Waals surface area contributed by atoms with Gasteiger partial charge in [0.2, 0.25) is 5.91 Å². The standard InChI is InChI=1S/C52H95NO5/c1-4-7-10-13-16-19-22-25-27-30-33-36-39-42-45-52(57)58-48(43-40-37-34-31-28-26-23-20-17-14-11-8-5-2)46-51(56)53-49(47-54)50(55)44-41-38-35-32-29-24-21-18-15-12-9-6-3/h8,11,14,17,20,23,27,30,48-50,54-55H,4-7,9-10,12-13,15-16,18-19,21-22,24-26,28-29,31-47H2,1-3H3,(H,53,56)/b11-8+,17-14+,23-20+,30-27-. The van der Waals surface area contributed by atoms with Crippen molar-refractivity contribution in [1.82, 2.24) is 5.32 Å². The monoisotopic (exact) mass is 814 g/mol. The van der Waals surface area contributed by atoms with Crippen molar-refractivity contribution < 1.29 is 24.5 Å². The predicted molar refractivity (Wildman–Crippen MR) is 250 cm³/mol. The summed E-state index contributed by atoms with van der Waals surface area (Å²) in [6.45, 7) is 6.34. The highest BCUT2D eigenvalue weighted by Crippen LogP contribution is 2.17. The molecule has 58 heavy (non-hydrogen) atoms. The second-order valence-electron chi connectivity index (χ2n) is 16.9. The van der Waals surface area contributed by atoms with Gasteiger partial charge in [0, 0.05) is 6.42 Å². The number of unbranched alkanes of at least 4 members (excludes halogenated alkanes) is 26. The molecule has 0 saturated carbocycles. The number of carbonyl (C=O) groups is 2. The lowest BCUT2D eigenvalue weighted by Crippen LogP contribution is -2.46. The van der Waals surface area contributed by atoms with E-state index in [1.54, 1.807) is 0 Å². The summed E-state index contributed by atoms with van der Waals surface area (Å²) in [5.74, 6) is -0.510. The van der Waals surface area contributed by atoms with Crippen molar-refractivity contribution in [1.29, 1.82) is 0 Å². The summed E-state index contributed by atoms with van der Waals surface area (Å²) in [6.07, 6.45) is 54.5. The zero-order valence-corrected chi connectivity index (χ0v) is 38.4. The van der Waals surface area contributed by atoms with Gasteiger partial charge in [-0.1, -0.05) is 211 Å². The second-order valence-corrected chi connectivity index (χ2v) is 16.9. The largest absolute Gasteiger partial charge is 0.462 e. The lowest BCUT2D eigenvalue weighted by molar-refractivity contribution is -0.151. The molecule has 0 aromatic heterocycles. The average molecular weight is 814 g/mol. The number of amides is 1. The maximum Gasteiger partial charge on any atom is 0.306 e. The van der Waals surface area contributed by atoms with E-state index in [0.717, 1.165) is 89.9 Å². The fraction of sp³-hybridized carbons (Fsp3) is 0.808. The molecular formula is C52H95NO5. The Morgan fingerprint density at radius 1 is 0.517 bits per heavy atom. The Kier molecular flexibility index (Phi) is 44.2. The molecule has 0 spiro atoms. The Labute approximate surface area is 359 Å². The number of nitrogens with one attached hydrogen (secondary N) is 1. The van der Waals surface area contributed by atoms with E-state index in [4.69, 9.17) is 4.74 Å². The minimum Gasteiger partial charge on any atom is -0.462 e. The number of aliphatic hydroxyl groups excluding tert-OH is 2. The Morgan fingerprint density at radius 3 is 1.45 bits per heavy atom. The first-order valence-electron chi connectivity index (χ1n) is 24.9. The topological polar surface area (TPSA) is 95.9 Å². The van der Waals surface area contributed by atoms with Gasteiger partial charge < -0.3 is 20.3 Å². The molecule has 0 bridgehead atoms. The fourth-order valence-electron chi connectivity index (χ4n) is 7.42. The molecule has 338 valence electrons. The van der Waals surface area contributed by atoms with Crippen LogP contribution in [-0.4, -0.2) is 46.9 Å². The van der Waals surface area contributed by atoms with E-state index in [0.29, 0.717) is 19.3 Å². The first-order chi connectivity index (χ1) is 28.5. The van der Waals surface area contributed by atoms with Gasteiger partial charge in [0.25, 0.3) is 0 Å². The van der Waals surface area contributed by atoms with E-state index in [-0.39, 0.29) is 24.9 Å². The third-order valence-electron chi connectivity index (χ3n) is 11.2. The van der Waals surface area contributed by atoms with E-state index >= 15 is 0 Å². The summed E-state index contributed by atoms with van der Waals surface area (Å²) in [5.41, 5.74) is 0. The first-order valence-corrected chi connectivity index (χ1v) is 24.9. The van der Waals surface area contributed by atoms with Crippen LogP contribution in [-0.2, 0) is 14.3 Å². The van der Waals surface area contributed by atoms with Crippen molar-refractivity contribution in [3.8, 4) is 0 Å². The molecule has 0 aromatic carbocycles. The highest BCUT2D eigenvalue weighted by molar-refractivity contribution is 5.77. The molecule has 0 aliphatic carbocycles. The Balaban J connectivity index is 4.63. The van der Waals surface area contributed by atoms with Crippen molar-refractivity contribution in [2.75, 3.05) is 6.61 Å². The van der Waals surface area contributed by atoms with Gasteiger partial charge in [0.1, 0.15) is 6.10 Å². The molecule has 0 heterocycles. The number of carbonyl (C=O) groups excluding carboxylic acids is 2. The molecule has 3 N–H and O–H groups in total. The molecule has 1 amide bonds. The minimum absolute atomic E-state index is 0.0584. The Morgan fingerprint density at radius 2 is 0.948 bits per heavy atom. The molecule has 3 unspecified atom stereocenters. The molecular weight excluding hydrogens is 719 g/mol. The summed E-state index contributed by atoms with van der Waals surface area (Å²) in [5, 5.41) is 23.7. The van der Waals surface area contributed by atoms with Crippen LogP contribution in [0.25, 0.3) is 0 Å². The smallest absolute Gasteiger partial charge is 0.306 e. The summed E-state index contributed by atoms with van der Waals surface area (Å²) in [4.78, 5) is 26.1. The van der Waals surface area contributed by atoms with E-state index in [2.05, 4.69) is 74.7 Å². The van der Waals surface area contributed by atoms with Crippen LogP contribution in [0.15, 0.2) is 48.6 Å². The molecule has 0 aliphatic rings. The van der Waals surface area contributed by atoms with Gasteiger partial charge in [-0.15, -0.1) is 0 Å². The SMILES string of the molecule is CC/C=C/C=C/C=C/CCCCCCCC(CC(=O)NC(CO)C(O)CCCCCCCCCCCCCC)OC(=O)CCCCC/C=C\CCCCCCCCC. The number of rotatable bonds is 44. The normalized spacial score (nSPS) is 13.7. The first kappa shape index (κ1) is 55.8. The summed E-state index contributed by atoms with van der Waals surface area (Å²) >= 11 is 0. The lowest BCUT2D eigenvalue weighted by Gasteiger charge is -2.24. The Bertz CT molecular complexity index is 1000. The van der Waals surface area contributed by atoms with Crippen molar-refractivity contribution in [2.45, 2.75) is 264 Å². The van der Waals surface area contributed by atoms with Gasteiger partial charge in [-0.25, -0.2) is 0 Å². The maximum absolute atomic E-state index is 13.2. The lowest BCUT2D eigenvalue weighted by atomic mass is 10.0. The fourth-order valence-corrected chi connectivity index (χ4v) is 7.42. The zero-order valence-electron chi connectivity index (χ0n) is 38.4. The van der Waals surface area contributed by atoms with Crippen LogP contribution in [0.2, 0.25) is 0 Å². The third kappa shape index (κ3) is 40.6. The molecule has 0 aromatic rings. The molecule has 0 aliphatic heterocycles. The zero-order chi connectivity index (χ0) is 42.4. The molecule has 3 atom stereocenters. The number of esters is 1. The average Bonchev–Trinajstić information content (AvgIpc) is 3.22. The van der Waals surface area contributed by atoms with Crippen molar-refractivity contribution in [2.24, 2.45) is 0 Å². The highest BCUT2D eigenvalue weighted by Gasteiger charge is 2.24. The van der Waals surface area contributed by atoms with E-state index in [1.165, 1.54) is 109 Å². The van der Waals surface area contributed by atoms with E-state index in [9.17, 15) is 19.8 Å². The van der Waals surface area contributed by atoms with Gasteiger partial charge in [-0.05, 0) is 70.6 Å². The Hall–Kier alpha value is -2.18. The van der Waals surface area contributed by atoms with E-state index < -0.39 is 18.2 Å². The van der Waals surface area contributed by atoms with E-state index in [1.807, 2.05) is 0 Å². The van der Waals surface area contributed by atoms with Crippen LogP contribution >= 0.6 is 0 Å².